The van der Waals surface area contributed by atoms with Crippen LogP contribution in [0.3, 0.4) is 0 Å². The third-order valence-electron chi connectivity index (χ3n) is 3.77. The molecule has 0 amide bonds. The van der Waals surface area contributed by atoms with E-state index in [9.17, 15) is 5.11 Å². The maximum atomic E-state index is 9.19. The number of aromatic hydroxyl groups is 1. The van der Waals surface area contributed by atoms with Crippen LogP contribution in [0.4, 0.5) is 0 Å². The van der Waals surface area contributed by atoms with E-state index in [2.05, 4.69) is 4.90 Å². The number of phenolic OH excluding ortho intramolecular Hbond substituents is 1. The topological polar surface area (TPSA) is 49.5 Å². The molecule has 2 aliphatic rings. The lowest BCUT2D eigenvalue weighted by Gasteiger charge is -2.48. The normalized spacial score (nSPS) is 24.1. The van der Waals surface area contributed by atoms with Crippen LogP contribution in [0.5, 0.6) is 5.75 Å². The number of hydrogen-bond acceptors (Lipinski definition) is 3. The van der Waals surface area contributed by atoms with Gasteiger partial charge >= 0.3 is 0 Å². The Balaban J connectivity index is 1.55. The molecule has 0 spiro atoms. The predicted octanol–water partition coefficient (Wildman–Crippen LogP) is 1.32. The summed E-state index contributed by atoms with van der Waals surface area (Å²) >= 11 is 0. The van der Waals surface area contributed by atoms with Crippen molar-refractivity contribution in [1.82, 2.24) is 4.90 Å². The minimum Gasteiger partial charge on any atom is -0.508 e. The quantitative estimate of drug-likeness (QED) is 0.804. The highest BCUT2D eigenvalue weighted by atomic mass is 16.3. The average Bonchev–Trinajstić information content (AvgIpc) is 3.02. The number of phenols is 1. The summed E-state index contributed by atoms with van der Waals surface area (Å²) in [7, 11) is 0. The molecule has 0 aromatic heterocycles. The summed E-state index contributed by atoms with van der Waals surface area (Å²) in [5, 5.41) is 9.19. The number of rotatable bonds is 3. The van der Waals surface area contributed by atoms with E-state index in [4.69, 9.17) is 5.73 Å². The minimum atomic E-state index is 0.108. The van der Waals surface area contributed by atoms with E-state index < -0.39 is 0 Å². The van der Waals surface area contributed by atoms with E-state index in [0.29, 0.717) is 5.75 Å². The number of hydrogen-bond donors (Lipinski definition) is 2. The van der Waals surface area contributed by atoms with E-state index in [1.807, 2.05) is 12.1 Å². The highest BCUT2D eigenvalue weighted by Crippen LogP contribution is 2.43. The lowest BCUT2D eigenvalue weighted by molar-refractivity contribution is 0.0478. The van der Waals surface area contributed by atoms with Crippen LogP contribution in [0.25, 0.3) is 0 Å². The van der Waals surface area contributed by atoms with E-state index in [1.165, 1.54) is 18.4 Å². The molecular weight excluding hydrogens is 200 g/mol. The van der Waals surface area contributed by atoms with Crippen molar-refractivity contribution in [3.63, 3.8) is 0 Å². The highest BCUT2D eigenvalue weighted by Gasteiger charge is 2.49. The van der Waals surface area contributed by atoms with Crippen LogP contribution in [0.15, 0.2) is 24.3 Å². The molecule has 3 heteroatoms. The van der Waals surface area contributed by atoms with E-state index in [1.54, 1.807) is 12.1 Å². The number of nitrogens with zero attached hydrogens (tertiary/aromatic N) is 1. The number of likely N-dealkylation sites (tertiary alicyclic amines) is 1. The van der Waals surface area contributed by atoms with Gasteiger partial charge in [-0.25, -0.2) is 0 Å². The maximum Gasteiger partial charge on any atom is 0.115 e. The van der Waals surface area contributed by atoms with Crippen LogP contribution in [-0.4, -0.2) is 28.6 Å². The summed E-state index contributed by atoms with van der Waals surface area (Å²) in [5.41, 5.74) is 7.65. The largest absolute Gasteiger partial charge is 0.508 e. The molecule has 1 aliphatic carbocycles. The van der Waals surface area contributed by atoms with Crippen LogP contribution in [-0.2, 0) is 6.54 Å². The molecule has 3 N–H and O–H groups in total. The van der Waals surface area contributed by atoms with Gasteiger partial charge in [0.05, 0.1) is 0 Å². The van der Waals surface area contributed by atoms with Crippen molar-refractivity contribution in [3.8, 4) is 5.75 Å². The molecule has 2 fully saturated rings. The van der Waals surface area contributed by atoms with Crippen molar-refractivity contribution in [1.29, 1.82) is 0 Å². The Morgan fingerprint density at radius 1 is 1.25 bits per heavy atom. The fraction of sp³-hybridized carbons (Fsp3) is 0.538. The molecule has 1 saturated carbocycles. The third-order valence-corrected chi connectivity index (χ3v) is 3.77. The Labute approximate surface area is 95.9 Å². The van der Waals surface area contributed by atoms with Gasteiger partial charge in [-0.2, -0.15) is 0 Å². The van der Waals surface area contributed by atoms with Gasteiger partial charge in [-0.05, 0) is 36.5 Å². The van der Waals surface area contributed by atoms with Gasteiger partial charge < -0.3 is 10.8 Å². The highest BCUT2D eigenvalue weighted by molar-refractivity contribution is 5.26. The zero-order chi connectivity index (χ0) is 11.2. The van der Waals surface area contributed by atoms with Crippen molar-refractivity contribution in [2.24, 2.45) is 11.7 Å². The van der Waals surface area contributed by atoms with Crippen molar-refractivity contribution >= 4 is 0 Å². The first-order valence-electron chi connectivity index (χ1n) is 5.95. The Bertz CT molecular complexity index is 377. The second kappa shape index (κ2) is 3.47. The third kappa shape index (κ3) is 1.81. The van der Waals surface area contributed by atoms with Gasteiger partial charge in [0.15, 0.2) is 0 Å². The Kier molecular flexibility index (Phi) is 2.19. The Morgan fingerprint density at radius 3 is 2.44 bits per heavy atom. The second-order valence-electron chi connectivity index (χ2n) is 5.32. The molecule has 1 aromatic carbocycles. The lowest BCUT2D eigenvalue weighted by atomic mass is 9.85. The van der Waals surface area contributed by atoms with Crippen molar-refractivity contribution in [2.45, 2.75) is 24.9 Å². The molecule has 1 aromatic rings. The summed E-state index contributed by atoms with van der Waals surface area (Å²) < 4.78 is 0. The lowest BCUT2D eigenvalue weighted by Crippen LogP contribution is -2.68. The summed E-state index contributed by atoms with van der Waals surface area (Å²) in [4.78, 5) is 2.38. The van der Waals surface area contributed by atoms with Gasteiger partial charge in [0.2, 0.25) is 0 Å². The van der Waals surface area contributed by atoms with Crippen molar-refractivity contribution < 1.29 is 5.11 Å². The smallest absolute Gasteiger partial charge is 0.115 e. The SMILES string of the molecule is NC1(C2CC2)CN(Cc2ccc(O)cc2)C1. The van der Waals surface area contributed by atoms with Crippen molar-refractivity contribution in [2.75, 3.05) is 13.1 Å². The molecule has 3 nitrogen and oxygen atoms in total. The fourth-order valence-corrected chi connectivity index (χ4v) is 2.67. The van der Waals surface area contributed by atoms with E-state index >= 15 is 0 Å². The molecule has 1 heterocycles. The molecule has 16 heavy (non-hydrogen) atoms. The van der Waals surface area contributed by atoms with Crippen LogP contribution >= 0.6 is 0 Å². The Morgan fingerprint density at radius 2 is 1.88 bits per heavy atom. The van der Waals surface area contributed by atoms with Crippen molar-refractivity contribution in [3.05, 3.63) is 29.8 Å². The summed E-state index contributed by atoms with van der Waals surface area (Å²) in [6, 6.07) is 7.43. The fourth-order valence-electron chi connectivity index (χ4n) is 2.67. The molecule has 86 valence electrons. The molecule has 0 bridgehead atoms. The molecule has 0 unspecified atom stereocenters. The average molecular weight is 218 g/mol. The zero-order valence-electron chi connectivity index (χ0n) is 9.39. The molecule has 0 atom stereocenters. The first kappa shape index (κ1) is 10.1. The zero-order valence-corrected chi connectivity index (χ0v) is 9.39. The maximum absolute atomic E-state index is 9.19. The van der Waals surface area contributed by atoms with Gasteiger partial charge in [-0.3, -0.25) is 4.90 Å². The second-order valence-corrected chi connectivity index (χ2v) is 5.32. The van der Waals surface area contributed by atoms with E-state index in [-0.39, 0.29) is 5.54 Å². The molecule has 0 radical (unpaired) electrons. The van der Waals surface area contributed by atoms with Gasteiger partial charge in [0, 0.05) is 25.2 Å². The number of benzene rings is 1. The number of nitrogens with two attached hydrogens (primary N) is 1. The van der Waals surface area contributed by atoms with Crippen LogP contribution < -0.4 is 5.73 Å². The van der Waals surface area contributed by atoms with Crippen LogP contribution in [0.2, 0.25) is 0 Å². The van der Waals surface area contributed by atoms with Gasteiger partial charge in [-0.15, -0.1) is 0 Å². The summed E-state index contributed by atoms with van der Waals surface area (Å²) in [6.07, 6.45) is 2.65. The molecule has 3 rings (SSSR count). The summed E-state index contributed by atoms with van der Waals surface area (Å²) in [5.74, 6) is 1.11. The minimum absolute atomic E-state index is 0.108. The standard InChI is InChI=1S/C13H18N2O/c14-13(11-3-4-11)8-15(9-13)7-10-1-5-12(16)6-2-10/h1-2,5-6,11,16H,3-4,7-9,14H2. The Hall–Kier alpha value is -1.06. The van der Waals surface area contributed by atoms with Gasteiger partial charge in [0.1, 0.15) is 5.75 Å². The van der Waals surface area contributed by atoms with Crippen LogP contribution in [0, 0.1) is 5.92 Å². The van der Waals surface area contributed by atoms with Gasteiger partial charge in [0.25, 0.3) is 0 Å². The van der Waals surface area contributed by atoms with E-state index in [0.717, 1.165) is 25.6 Å². The molecule has 1 aliphatic heterocycles. The summed E-state index contributed by atoms with van der Waals surface area (Å²) in [6.45, 7) is 3.00. The molecule has 1 saturated heterocycles. The monoisotopic (exact) mass is 218 g/mol. The van der Waals surface area contributed by atoms with Crippen LogP contribution in [0.1, 0.15) is 18.4 Å². The molecular formula is C13H18N2O. The first-order chi connectivity index (χ1) is 7.66. The first-order valence-corrected chi connectivity index (χ1v) is 5.95. The predicted molar refractivity (Wildman–Crippen MR) is 63.0 cm³/mol. The van der Waals surface area contributed by atoms with Gasteiger partial charge in [-0.1, -0.05) is 12.1 Å².